The first-order valence-electron chi connectivity index (χ1n) is 12.5. The van der Waals surface area contributed by atoms with Crippen LogP contribution in [0.3, 0.4) is 0 Å². The van der Waals surface area contributed by atoms with E-state index in [1.54, 1.807) is 45.0 Å². The average Bonchev–Trinajstić information content (AvgIpc) is 3.22. The van der Waals surface area contributed by atoms with Crippen LogP contribution in [0.4, 0.5) is 5.69 Å². The van der Waals surface area contributed by atoms with E-state index in [1.165, 1.54) is 18.3 Å². The number of hydrogen-bond acceptors (Lipinski definition) is 8. The van der Waals surface area contributed by atoms with Crippen LogP contribution in [0, 0.1) is 0 Å². The number of ether oxygens (including phenoxy) is 3. The Morgan fingerprint density at radius 1 is 1.05 bits per heavy atom. The first kappa shape index (κ1) is 27.2. The van der Waals surface area contributed by atoms with Gasteiger partial charge < -0.3 is 19.1 Å². The molecule has 0 unspecified atom stereocenters. The highest BCUT2D eigenvalue weighted by molar-refractivity contribution is 7.07. The lowest BCUT2D eigenvalue weighted by Crippen LogP contribution is -2.39. The van der Waals surface area contributed by atoms with Gasteiger partial charge in [0, 0.05) is 53.3 Å². The van der Waals surface area contributed by atoms with Gasteiger partial charge in [-0.3, -0.25) is 14.2 Å². The lowest BCUT2D eigenvalue weighted by Gasteiger charge is -2.26. The number of thiazole rings is 1. The van der Waals surface area contributed by atoms with Crippen LogP contribution in [-0.2, 0) is 4.79 Å². The molecule has 0 amide bonds. The van der Waals surface area contributed by atoms with Crippen LogP contribution in [-0.4, -0.2) is 44.8 Å². The fourth-order valence-electron chi connectivity index (χ4n) is 4.85. The van der Waals surface area contributed by atoms with Gasteiger partial charge in [0.2, 0.25) is 0 Å². The number of hydrogen-bond donors (Lipinski definition) is 0. The van der Waals surface area contributed by atoms with Crippen LogP contribution in [0.2, 0.25) is 0 Å². The van der Waals surface area contributed by atoms with Crippen molar-refractivity contribution >= 4 is 28.9 Å². The maximum absolute atomic E-state index is 13.9. The van der Waals surface area contributed by atoms with Crippen molar-refractivity contribution in [2.45, 2.75) is 33.7 Å². The normalized spacial score (nSPS) is 15.1. The number of ketones is 1. The molecule has 0 aliphatic carbocycles. The molecule has 200 valence electrons. The van der Waals surface area contributed by atoms with E-state index in [1.807, 2.05) is 30.3 Å². The summed E-state index contributed by atoms with van der Waals surface area (Å²) >= 11 is 1.28. The summed E-state index contributed by atoms with van der Waals surface area (Å²) in [5, 5.41) is 0. The smallest absolute Gasteiger partial charge is 0.271 e. The first-order chi connectivity index (χ1) is 18.3. The van der Waals surface area contributed by atoms with Gasteiger partial charge in [-0.1, -0.05) is 11.3 Å². The van der Waals surface area contributed by atoms with Gasteiger partial charge in [-0.05, 0) is 58.0 Å². The Morgan fingerprint density at radius 3 is 2.37 bits per heavy atom. The van der Waals surface area contributed by atoms with Gasteiger partial charge >= 0.3 is 0 Å². The van der Waals surface area contributed by atoms with Crippen LogP contribution in [0.15, 0.2) is 57.5 Å². The van der Waals surface area contributed by atoms with Crippen molar-refractivity contribution in [2.75, 3.05) is 39.3 Å². The number of Topliss-reactive ketones (excluding diaryl/α,β-unsaturated/α-hetero) is 1. The van der Waals surface area contributed by atoms with Gasteiger partial charge in [0.05, 0.1) is 31.9 Å². The van der Waals surface area contributed by atoms with E-state index in [0.29, 0.717) is 43.4 Å². The Hall–Kier alpha value is -3.85. The largest absolute Gasteiger partial charge is 0.497 e. The van der Waals surface area contributed by atoms with E-state index >= 15 is 0 Å². The summed E-state index contributed by atoms with van der Waals surface area (Å²) in [5.74, 6) is 1.65. The van der Waals surface area contributed by atoms with Crippen molar-refractivity contribution < 1.29 is 19.0 Å². The number of aromatic nitrogens is 1. The third-order valence-corrected chi connectivity index (χ3v) is 7.75. The summed E-state index contributed by atoms with van der Waals surface area (Å²) in [5.41, 5.74) is 3.32. The Bertz CT molecular complexity index is 1580. The molecule has 0 bridgehead atoms. The number of nitrogens with zero attached hydrogens (tertiary/aromatic N) is 3. The standard InChI is InChI=1S/C29H33N3O5S/c1-8-31(9-2)20-11-10-19(23(15-20)36-6)14-25-28(34)32-27(22-13-12-21(35-5)16-24(22)37-7)26(18(4)33)17(3)30-29(32)38-25/h10-16,27H,8-9H2,1-7H3/b25-14+/t27-/m0/s1. The summed E-state index contributed by atoms with van der Waals surface area (Å²) < 4.78 is 18.8. The lowest BCUT2D eigenvalue weighted by atomic mass is 9.92. The number of anilines is 1. The van der Waals surface area contributed by atoms with E-state index in [9.17, 15) is 9.59 Å². The summed E-state index contributed by atoms with van der Waals surface area (Å²) in [6, 6.07) is 10.7. The summed E-state index contributed by atoms with van der Waals surface area (Å²) in [6.07, 6.45) is 1.82. The minimum atomic E-state index is -0.682. The van der Waals surface area contributed by atoms with Gasteiger partial charge in [0.1, 0.15) is 17.2 Å². The number of fused-ring (bicyclic) bond motifs is 1. The number of allylic oxidation sites excluding steroid dienone is 2. The van der Waals surface area contributed by atoms with Gasteiger partial charge in [-0.2, -0.15) is 0 Å². The van der Waals surface area contributed by atoms with E-state index in [-0.39, 0.29) is 11.3 Å². The molecule has 1 atom stereocenters. The summed E-state index contributed by atoms with van der Waals surface area (Å²) in [4.78, 5) is 34.1. The van der Waals surface area contributed by atoms with Crippen LogP contribution < -0.4 is 34.0 Å². The number of benzene rings is 2. The highest BCUT2D eigenvalue weighted by Crippen LogP contribution is 2.37. The zero-order valence-electron chi connectivity index (χ0n) is 22.8. The first-order valence-corrected chi connectivity index (χ1v) is 13.3. The van der Waals surface area contributed by atoms with Crippen molar-refractivity contribution in [3.63, 3.8) is 0 Å². The minimum absolute atomic E-state index is 0.155. The molecule has 0 saturated carbocycles. The second-order valence-electron chi connectivity index (χ2n) is 8.84. The van der Waals surface area contributed by atoms with Gasteiger partial charge in [-0.25, -0.2) is 4.99 Å². The van der Waals surface area contributed by atoms with Gasteiger partial charge in [0.15, 0.2) is 10.6 Å². The van der Waals surface area contributed by atoms with E-state index in [2.05, 4.69) is 23.7 Å². The topological polar surface area (TPSA) is 82.4 Å². The Kier molecular flexibility index (Phi) is 8.06. The molecule has 1 aromatic heterocycles. The minimum Gasteiger partial charge on any atom is -0.497 e. The number of rotatable bonds is 9. The fraction of sp³-hybridized carbons (Fsp3) is 0.345. The fourth-order valence-corrected chi connectivity index (χ4v) is 5.89. The summed E-state index contributed by atoms with van der Waals surface area (Å²) in [6.45, 7) is 9.27. The second kappa shape index (κ2) is 11.3. The lowest BCUT2D eigenvalue weighted by molar-refractivity contribution is -0.114. The molecule has 9 heteroatoms. The Labute approximate surface area is 226 Å². The van der Waals surface area contributed by atoms with Crippen LogP contribution in [0.25, 0.3) is 6.08 Å². The molecule has 0 N–H and O–H groups in total. The molecular weight excluding hydrogens is 502 g/mol. The van der Waals surface area contributed by atoms with Gasteiger partial charge in [0.25, 0.3) is 5.56 Å². The van der Waals surface area contributed by atoms with Crippen molar-refractivity contribution in [3.05, 3.63) is 78.5 Å². The quantitative estimate of drug-likeness (QED) is 0.416. The molecule has 0 saturated heterocycles. The highest BCUT2D eigenvalue weighted by atomic mass is 32.1. The average molecular weight is 536 g/mol. The molecule has 0 spiro atoms. The third kappa shape index (κ3) is 4.86. The molecular formula is C29H33N3O5S. The maximum atomic E-state index is 13.9. The molecule has 3 aromatic rings. The van der Waals surface area contributed by atoms with Crippen LogP contribution in [0.1, 0.15) is 44.9 Å². The Morgan fingerprint density at radius 2 is 1.76 bits per heavy atom. The number of carbonyl (C=O) groups is 1. The zero-order chi connectivity index (χ0) is 27.6. The van der Waals surface area contributed by atoms with E-state index in [0.717, 1.165) is 24.3 Å². The zero-order valence-corrected chi connectivity index (χ0v) is 23.6. The summed E-state index contributed by atoms with van der Waals surface area (Å²) in [7, 11) is 4.75. The maximum Gasteiger partial charge on any atom is 0.271 e. The highest BCUT2D eigenvalue weighted by Gasteiger charge is 2.32. The molecule has 0 fully saturated rings. The molecule has 8 nitrogen and oxygen atoms in total. The van der Waals surface area contributed by atoms with Crippen LogP contribution >= 0.6 is 11.3 Å². The molecule has 2 heterocycles. The van der Waals surface area contributed by atoms with Crippen LogP contribution in [0.5, 0.6) is 17.2 Å². The van der Waals surface area contributed by atoms with Gasteiger partial charge in [-0.15, -0.1) is 0 Å². The Balaban J connectivity index is 1.94. The molecule has 38 heavy (non-hydrogen) atoms. The second-order valence-corrected chi connectivity index (χ2v) is 9.85. The molecule has 2 aromatic carbocycles. The van der Waals surface area contributed by atoms with Crippen molar-refractivity contribution in [1.82, 2.24) is 4.57 Å². The number of carbonyl (C=O) groups excluding carboxylic acids is 1. The predicted molar refractivity (Wildman–Crippen MR) is 151 cm³/mol. The van der Waals surface area contributed by atoms with Crippen molar-refractivity contribution in [1.29, 1.82) is 0 Å². The molecule has 1 aliphatic heterocycles. The monoisotopic (exact) mass is 535 g/mol. The number of methoxy groups -OCH3 is 3. The molecule has 4 rings (SSSR count). The SMILES string of the molecule is CCN(CC)c1ccc(/C=c2/sc3n(c2=O)[C@@H](c2ccc(OC)cc2OC)C(C(C)=O)=C(C)N=3)c(OC)c1. The van der Waals surface area contributed by atoms with E-state index < -0.39 is 6.04 Å². The molecule has 1 aliphatic rings. The predicted octanol–water partition coefficient (Wildman–Crippen LogP) is 3.70. The van der Waals surface area contributed by atoms with E-state index in [4.69, 9.17) is 14.2 Å². The third-order valence-electron chi connectivity index (χ3n) is 6.77. The van der Waals surface area contributed by atoms with Crippen molar-refractivity contribution in [3.8, 4) is 17.2 Å². The molecule has 0 radical (unpaired) electrons. The van der Waals surface area contributed by atoms with Crippen molar-refractivity contribution in [2.24, 2.45) is 4.99 Å².